The summed E-state index contributed by atoms with van der Waals surface area (Å²) in [6.07, 6.45) is 3.67. The lowest BCUT2D eigenvalue weighted by atomic mass is 10.1. The molecule has 0 aliphatic heterocycles. The highest BCUT2D eigenvalue weighted by Gasteiger charge is 2.11. The normalized spacial score (nSPS) is 13.8. The number of fused-ring (bicyclic) bond motifs is 1. The number of rotatable bonds is 4. The third-order valence-electron chi connectivity index (χ3n) is 2.79. The Balaban J connectivity index is 1.89. The van der Waals surface area contributed by atoms with Crippen molar-refractivity contribution in [3.63, 3.8) is 0 Å². The van der Waals surface area contributed by atoms with Gasteiger partial charge < -0.3 is 0 Å². The molecule has 2 rings (SSSR count). The summed E-state index contributed by atoms with van der Waals surface area (Å²) in [6, 6.07) is 6.56. The first kappa shape index (κ1) is 12.5. The third kappa shape index (κ3) is 3.48. The third-order valence-corrected chi connectivity index (χ3v) is 3.78. The van der Waals surface area contributed by atoms with E-state index >= 15 is 0 Å². The van der Waals surface area contributed by atoms with Crippen molar-refractivity contribution in [3.8, 4) is 0 Å². The van der Waals surface area contributed by atoms with Crippen LogP contribution < -0.4 is 5.43 Å². The lowest BCUT2D eigenvalue weighted by Crippen LogP contribution is -2.37. The van der Waals surface area contributed by atoms with E-state index in [4.69, 9.17) is 0 Å². The van der Waals surface area contributed by atoms with Crippen LogP contribution in [0.1, 0.15) is 17.5 Å². The SMILES string of the molecule is CN(C)NC(=O)CSc1ccc2c(c1)CCC2. The number of nitrogens with one attached hydrogen (secondary N) is 1. The molecule has 17 heavy (non-hydrogen) atoms. The number of amides is 1. The number of nitrogens with zero attached hydrogens (tertiary/aromatic N) is 1. The number of benzene rings is 1. The maximum atomic E-state index is 11.5. The van der Waals surface area contributed by atoms with Gasteiger partial charge in [0.1, 0.15) is 0 Å². The van der Waals surface area contributed by atoms with Crippen LogP contribution in [0.5, 0.6) is 0 Å². The maximum absolute atomic E-state index is 11.5. The zero-order chi connectivity index (χ0) is 12.3. The molecule has 0 bridgehead atoms. The number of thioether (sulfide) groups is 1. The monoisotopic (exact) mass is 250 g/mol. The lowest BCUT2D eigenvalue weighted by molar-refractivity contribution is -0.122. The largest absolute Gasteiger partial charge is 0.289 e. The Labute approximate surface area is 107 Å². The van der Waals surface area contributed by atoms with E-state index in [1.807, 2.05) is 14.1 Å². The number of carbonyl (C=O) groups excluding carboxylic acids is 1. The number of hydrogen-bond donors (Lipinski definition) is 1. The van der Waals surface area contributed by atoms with Crippen molar-refractivity contribution in [1.29, 1.82) is 0 Å². The summed E-state index contributed by atoms with van der Waals surface area (Å²) in [5.74, 6) is 0.511. The summed E-state index contributed by atoms with van der Waals surface area (Å²) in [5.41, 5.74) is 5.68. The van der Waals surface area contributed by atoms with Crippen molar-refractivity contribution in [2.75, 3.05) is 19.8 Å². The van der Waals surface area contributed by atoms with Gasteiger partial charge in [-0.15, -0.1) is 11.8 Å². The lowest BCUT2D eigenvalue weighted by Gasteiger charge is -2.11. The van der Waals surface area contributed by atoms with Crippen molar-refractivity contribution in [2.45, 2.75) is 24.2 Å². The molecule has 1 aromatic rings. The highest BCUT2D eigenvalue weighted by atomic mass is 32.2. The Bertz CT molecular complexity index is 418. The molecule has 4 heteroatoms. The Morgan fingerprint density at radius 1 is 1.35 bits per heavy atom. The molecule has 1 aliphatic rings. The first-order chi connectivity index (χ1) is 8.15. The summed E-state index contributed by atoms with van der Waals surface area (Å²) in [7, 11) is 3.63. The molecule has 1 aromatic carbocycles. The molecule has 0 radical (unpaired) electrons. The molecular formula is C13H18N2OS. The van der Waals surface area contributed by atoms with Gasteiger partial charge in [-0.25, -0.2) is 5.01 Å². The average Bonchev–Trinajstić information content (AvgIpc) is 2.72. The Kier molecular flexibility index (Phi) is 4.07. The minimum Gasteiger partial charge on any atom is -0.289 e. The van der Waals surface area contributed by atoms with E-state index in [1.165, 1.54) is 35.3 Å². The second-order valence-electron chi connectivity index (χ2n) is 4.50. The van der Waals surface area contributed by atoms with Crippen LogP contribution in [-0.2, 0) is 17.6 Å². The molecule has 0 atom stereocenters. The fourth-order valence-electron chi connectivity index (χ4n) is 2.07. The van der Waals surface area contributed by atoms with Crippen LogP contribution in [0.15, 0.2) is 23.1 Å². The molecule has 1 N–H and O–H groups in total. The zero-order valence-electron chi connectivity index (χ0n) is 10.3. The standard InChI is InChI=1S/C13H18N2OS/c1-15(2)14-13(16)9-17-12-7-6-10-4-3-5-11(10)8-12/h6-8H,3-5,9H2,1-2H3,(H,14,16). The van der Waals surface area contributed by atoms with E-state index in [9.17, 15) is 4.79 Å². The van der Waals surface area contributed by atoms with Crippen molar-refractivity contribution < 1.29 is 4.79 Å². The topological polar surface area (TPSA) is 32.3 Å². The molecule has 92 valence electrons. The van der Waals surface area contributed by atoms with E-state index in [2.05, 4.69) is 23.6 Å². The average molecular weight is 250 g/mol. The number of carbonyl (C=O) groups is 1. The Morgan fingerprint density at radius 3 is 2.88 bits per heavy atom. The van der Waals surface area contributed by atoms with Crippen molar-refractivity contribution in [2.24, 2.45) is 0 Å². The fraction of sp³-hybridized carbons (Fsp3) is 0.462. The molecule has 0 fully saturated rings. The summed E-state index contributed by atoms with van der Waals surface area (Å²) >= 11 is 1.60. The van der Waals surface area contributed by atoms with Gasteiger partial charge in [-0.2, -0.15) is 0 Å². The van der Waals surface area contributed by atoms with Gasteiger partial charge in [0.05, 0.1) is 5.75 Å². The van der Waals surface area contributed by atoms with E-state index in [-0.39, 0.29) is 5.91 Å². The van der Waals surface area contributed by atoms with Gasteiger partial charge >= 0.3 is 0 Å². The van der Waals surface area contributed by atoms with E-state index in [1.54, 1.807) is 16.8 Å². The van der Waals surface area contributed by atoms with Gasteiger partial charge in [0.25, 0.3) is 0 Å². The van der Waals surface area contributed by atoms with Crippen molar-refractivity contribution >= 4 is 17.7 Å². The van der Waals surface area contributed by atoms with Crippen LogP contribution >= 0.6 is 11.8 Å². The molecule has 3 nitrogen and oxygen atoms in total. The number of hydrogen-bond acceptors (Lipinski definition) is 3. The molecule has 0 heterocycles. The van der Waals surface area contributed by atoms with Gasteiger partial charge in [0.15, 0.2) is 0 Å². The Hall–Kier alpha value is -1.00. The number of aryl methyl sites for hydroxylation is 2. The van der Waals surface area contributed by atoms with Crippen LogP contribution in [0.25, 0.3) is 0 Å². The second-order valence-corrected chi connectivity index (χ2v) is 5.55. The van der Waals surface area contributed by atoms with Gasteiger partial charge in [-0.05, 0) is 42.5 Å². The molecule has 1 aliphatic carbocycles. The quantitative estimate of drug-likeness (QED) is 0.654. The molecule has 1 amide bonds. The van der Waals surface area contributed by atoms with Gasteiger partial charge in [-0.1, -0.05) is 6.07 Å². The maximum Gasteiger partial charge on any atom is 0.244 e. The highest BCUT2D eigenvalue weighted by Crippen LogP contribution is 2.27. The van der Waals surface area contributed by atoms with Crippen molar-refractivity contribution in [3.05, 3.63) is 29.3 Å². The zero-order valence-corrected chi connectivity index (χ0v) is 11.1. The van der Waals surface area contributed by atoms with Gasteiger partial charge in [0, 0.05) is 19.0 Å². The number of hydrazine groups is 1. The first-order valence-corrected chi connectivity index (χ1v) is 6.85. The summed E-state index contributed by atoms with van der Waals surface area (Å²) in [5, 5.41) is 1.67. The van der Waals surface area contributed by atoms with E-state index < -0.39 is 0 Å². The smallest absolute Gasteiger partial charge is 0.244 e. The van der Waals surface area contributed by atoms with Crippen LogP contribution in [0.3, 0.4) is 0 Å². The Morgan fingerprint density at radius 2 is 2.12 bits per heavy atom. The van der Waals surface area contributed by atoms with Gasteiger partial charge in [-0.3, -0.25) is 10.2 Å². The van der Waals surface area contributed by atoms with Crippen LogP contribution in [0, 0.1) is 0 Å². The highest BCUT2D eigenvalue weighted by molar-refractivity contribution is 8.00. The molecule has 0 unspecified atom stereocenters. The first-order valence-electron chi connectivity index (χ1n) is 5.86. The van der Waals surface area contributed by atoms with E-state index in [0.29, 0.717) is 5.75 Å². The summed E-state index contributed by atoms with van der Waals surface area (Å²) < 4.78 is 0. The molecular weight excluding hydrogens is 232 g/mol. The second kappa shape index (κ2) is 5.56. The summed E-state index contributed by atoms with van der Waals surface area (Å²) in [4.78, 5) is 12.7. The predicted molar refractivity (Wildman–Crippen MR) is 71.0 cm³/mol. The van der Waals surface area contributed by atoms with Gasteiger partial charge in [0.2, 0.25) is 5.91 Å². The summed E-state index contributed by atoms with van der Waals surface area (Å²) in [6.45, 7) is 0. The van der Waals surface area contributed by atoms with E-state index in [0.717, 1.165) is 0 Å². The van der Waals surface area contributed by atoms with Crippen LogP contribution in [0.4, 0.5) is 0 Å². The van der Waals surface area contributed by atoms with Crippen molar-refractivity contribution in [1.82, 2.24) is 10.4 Å². The predicted octanol–water partition coefficient (Wildman–Crippen LogP) is 1.86. The fourth-order valence-corrected chi connectivity index (χ4v) is 2.82. The molecule has 0 spiro atoms. The van der Waals surface area contributed by atoms with Crippen LogP contribution in [0.2, 0.25) is 0 Å². The minimum atomic E-state index is 0.0421. The molecule has 0 saturated carbocycles. The molecule has 0 aromatic heterocycles. The minimum absolute atomic E-state index is 0.0421. The van der Waals surface area contributed by atoms with Crippen LogP contribution in [-0.4, -0.2) is 30.8 Å². The molecule has 0 saturated heterocycles.